The lowest BCUT2D eigenvalue weighted by Crippen LogP contribution is -2.54. The van der Waals surface area contributed by atoms with Crippen molar-refractivity contribution in [1.29, 1.82) is 0 Å². The third-order valence-electron chi connectivity index (χ3n) is 4.05. The summed E-state index contributed by atoms with van der Waals surface area (Å²) in [6, 6.07) is 2.61. The van der Waals surface area contributed by atoms with Crippen molar-refractivity contribution < 1.29 is 49.7 Å². The van der Waals surface area contributed by atoms with Gasteiger partial charge < -0.3 is 10.2 Å². The highest BCUT2D eigenvalue weighted by molar-refractivity contribution is 5.49. The number of alkyl halides is 9. The summed E-state index contributed by atoms with van der Waals surface area (Å²) >= 11 is 0. The monoisotopic (exact) mass is 418 g/mol. The quantitative estimate of drug-likeness (QED) is 0.636. The Morgan fingerprint density at radius 3 is 1.54 bits per heavy atom. The first kappa shape index (κ1) is 21.7. The van der Waals surface area contributed by atoms with Crippen molar-refractivity contribution in [2.75, 3.05) is 0 Å². The number of phenols is 2. The van der Waals surface area contributed by atoms with Gasteiger partial charge in [-0.1, -0.05) is 24.3 Å². The number of phenolic OH excluding ortho intramolecular Hbond substituents is 2. The number of benzene rings is 2. The number of halogens is 9. The molecule has 2 nitrogen and oxygen atoms in total. The van der Waals surface area contributed by atoms with Gasteiger partial charge in [0.2, 0.25) is 5.41 Å². The maximum absolute atomic E-state index is 13.8. The van der Waals surface area contributed by atoms with E-state index >= 15 is 0 Å². The SMILES string of the molecule is Oc1ccc(C(c2ccc(O)c(CC(F)(F)F)c2)(C(F)(F)F)C(F)(F)F)cc1. The molecular formula is C17H11F9O2. The molecule has 2 rings (SSSR count). The smallest absolute Gasteiger partial charge is 0.411 e. The molecule has 154 valence electrons. The van der Waals surface area contributed by atoms with Crippen molar-refractivity contribution in [3.05, 3.63) is 59.2 Å². The third-order valence-corrected chi connectivity index (χ3v) is 4.05. The van der Waals surface area contributed by atoms with Gasteiger partial charge in [0.1, 0.15) is 11.5 Å². The van der Waals surface area contributed by atoms with Crippen LogP contribution in [0.2, 0.25) is 0 Å². The van der Waals surface area contributed by atoms with Crippen molar-refractivity contribution in [2.45, 2.75) is 30.4 Å². The minimum absolute atomic E-state index is 0.0384. The Hall–Kier alpha value is -2.59. The summed E-state index contributed by atoms with van der Waals surface area (Å²) in [5, 5.41) is 18.7. The summed E-state index contributed by atoms with van der Waals surface area (Å²) in [7, 11) is 0. The van der Waals surface area contributed by atoms with Gasteiger partial charge in [-0.2, -0.15) is 39.5 Å². The third kappa shape index (κ3) is 3.83. The molecule has 0 atom stereocenters. The topological polar surface area (TPSA) is 40.5 Å². The predicted octanol–water partition coefficient (Wildman–Crippen LogP) is 5.61. The van der Waals surface area contributed by atoms with Crippen LogP contribution in [0.25, 0.3) is 0 Å². The molecule has 0 radical (unpaired) electrons. The van der Waals surface area contributed by atoms with Gasteiger partial charge >= 0.3 is 18.5 Å². The number of hydrogen-bond donors (Lipinski definition) is 2. The summed E-state index contributed by atoms with van der Waals surface area (Å²) in [6.07, 6.45) is -18.9. The minimum atomic E-state index is -6.01. The molecule has 0 saturated heterocycles. The fourth-order valence-corrected chi connectivity index (χ4v) is 2.87. The van der Waals surface area contributed by atoms with E-state index in [0.717, 1.165) is 0 Å². The van der Waals surface area contributed by atoms with Crippen LogP contribution < -0.4 is 0 Å². The maximum atomic E-state index is 13.8. The molecule has 28 heavy (non-hydrogen) atoms. The van der Waals surface area contributed by atoms with Gasteiger partial charge in [0.05, 0.1) is 6.42 Å². The van der Waals surface area contributed by atoms with E-state index in [9.17, 15) is 49.7 Å². The Labute approximate surface area is 151 Å². The van der Waals surface area contributed by atoms with E-state index in [1.807, 2.05) is 0 Å². The molecule has 0 amide bonds. The zero-order chi connectivity index (χ0) is 21.5. The first-order valence-electron chi connectivity index (χ1n) is 7.41. The zero-order valence-corrected chi connectivity index (χ0v) is 13.5. The second-order valence-corrected chi connectivity index (χ2v) is 5.93. The molecule has 2 aromatic carbocycles. The Morgan fingerprint density at radius 2 is 1.11 bits per heavy atom. The average molecular weight is 418 g/mol. The number of aromatic hydroxyl groups is 2. The fourth-order valence-electron chi connectivity index (χ4n) is 2.87. The summed E-state index contributed by atoms with van der Waals surface area (Å²) in [4.78, 5) is 0. The van der Waals surface area contributed by atoms with Gasteiger partial charge in [0.15, 0.2) is 0 Å². The van der Waals surface area contributed by atoms with Crippen LogP contribution in [0.4, 0.5) is 39.5 Å². The van der Waals surface area contributed by atoms with Crippen molar-refractivity contribution in [3.8, 4) is 11.5 Å². The molecular weight excluding hydrogens is 407 g/mol. The summed E-state index contributed by atoms with van der Waals surface area (Å²) in [5.41, 5.74) is -8.72. The van der Waals surface area contributed by atoms with Gasteiger partial charge in [0.25, 0.3) is 0 Å². The molecule has 0 aliphatic heterocycles. The van der Waals surface area contributed by atoms with Crippen LogP contribution in [0, 0.1) is 0 Å². The lowest BCUT2D eigenvalue weighted by atomic mass is 9.72. The number of hydrogen-bond acceptors (Lipinski definition) is 2. The van der Waals surface area contributed by atoms with Crippen molar-refractivity contribution in [1.82, 2.24) is 0 Å². The molecule has 0 heterocycles. The second-order valence-electron chi connectivity index (χ2n) is 5.93. The van der Waals surface area contributed by atoms with E-state index in [1.54, 1.807) is 0 Å². The van der Waals surface area contributed by atoms with Crippen LogP contribution in [0.3, 0.4) is 0 Å². The molecule has 11 heteroatoms. The van der Waals surface area contributed by atoms with Crippen molar-refractivity contribution in [2.24, 2.45) is 0 Å². The van der Waals surface area contributed by atoms with Gasteiger partial charge in [-0.05, 0) is 29.3 Å². The maximum Gasteiger partial charge on any atom is 0.411 e. The van der Waals surface area contributed by atoms with Crippen LogP contribution in [0.5, 0.6) is 11.5 Å². The average Bonchev–Trinajstić information content (AvgIpc) is 2.48. The van der Waals surface area contributed by atoms with E-state index in [1.165, 1.54) is 0 Å². The van der Waals surface area contributed by atoms with E-state index in [4.69, 9.17) is 0 Å². The summed E-state index contributed by atoms with van der Waals surface area (Å²) < 4.78 is 121. The highest BCUT2D eigenvalue weighted by Crippen LogP contribution is 2.56. The molecule has 0 saturated carbocycles. The first-order chi connectivity index (χ1) is 12.6. The Morgan fingerprint density at radius 1 is 0.643 bits per heavy atom. The van der Waals surface area contributed by atoms with Gasteiger partial charge in [0, 0.05) is 5.56 Å². The lowest BCUT2D eigenvalue weighted by molar-refractivity contribution is -0.288. The van der Waals surface area contributed by atoms with Crippen LogP contribution in [-0.4, -0.2) is 28.7 Å². The van der Waals surface area contributed by atoms with E-state index in [2.05, 4.69) is 0 Å². The van der Waals surface area contributed by atoms with Crippen molar-refractivity contribution in [3.63, 3.8) is 0 Å². The molecule has 0 fully saturated rings. The molecule has 0 aromatic heterocycles. The van der Waals surface area contributed by atoms with Crippen LogP contribution >= 0.6 is 0 Å². The lowest BCUT2D eigenvalue weighted by Gasteiger charge is -2.38. The van der Waals surface area contributed by atoms with Gasteiger partial charge in [-0.15, -0.1) is 0 Å². The highest BCUT2D eigenvalue weighted by atomic mass is 19.4. The summed E-state index contributed by atoms with van der Waals surface area (Å²) in [6.45, 7) is 0. The predicted molar refractivity (Wildman–Crippen MR) is 78.9 cm³/mol. The highest BCUT2D eigenvalue weighted by Gasteiger charge is 2.72. The molecule has 2 N–H and O–H groups in total. The molecule has 0 spiro atoms. The second kappa shape index (κ2) is 6.78. The van der Waals surface area contributed by atoms with Crippen LogP contribution in [0.15, 0.2) is 42.5 Å². The fraction of sp³-hybridized carbons (Fsp3) is 0.294. The molecule has 0 aliphatic rings. The van der Waals surface area contributed by atoms with E-state index in [0.29, 0.717) is 30.3 Å². The zero-order valence-electron chi connectivity index (χ0n) is 13.5. The van der Waals surface area contributed by atoms with Gasteiger partial charge in [-0.3, -0.25) is 0 Å². The molecule has 0 aliphatic carbocycles. The Balaban J connectivity index is 2.87. The van der Waals surface area contributed by atoms with E-state index < -0.39 is 58.6 Å². The largest absolute Gasteiger partial charge is 0.508 e. The molecule has 0 unspecified atom stereocenters. The van der Waals surface area contributed by atoms with Crippen LogP contribution in [-0.2, 0) is 11.8 Å². The normalized spacial score (nSPS) is 13.6. The van der Waals surface area contributed by atoms with Crippen LogP contribution in [0.1, 0.15) is 16.7 Å². The van der Waals surface area contributed by atoms with Crippen molar-refractivity contribution >= 4 is 0 Å². The number of rotatable bonds is 3. The molecule has 2 aromatic rings. The minimum Gasteiger partial charge on any atom is -0.508 e. The summed E-state index contributed by atoms with van der Waals surface area (Å²) in [5.74, 6) is -1.70. The Kier molecular flexibility index (Phi) is 5.26. The van der Waals surface area contributed by atoms with E-state index in [-0.39, 0.29) is 12.1 Å². The standard InChI is InChI=1S/C17H11F9O2/c18-14(19,20)8-9-7-11(3-6-13(9)28)15(16(21,22)23,17(24,25)26)10-1-4-12(27)5-2-10/h1-7,27-28H,8H2. The van der Waals surface area contributed by atoms with Gasteiger partial charge in [-0.25, -0.2) is 0 Å². The molecule has 0 bridgehead atoms. The Bertz CT molecular complexity index is 820. The first-order valence-corrected chi connectivity index (χ1v) is 7.41.